The third-order valence-electron chi connectivity index (χ3n) is 4.49. The molecule has 5 amide bonds. The van der Waals surface area contributed by atoms with Crippen LogP contribution in [-0.4, -0.2) is 76.0 Å². The van der Waals surface area contributed by atoms with Gasteiger partial charge in [0, 0.05) is 6.42 Å². The van der Waals surface area contributed by atoms with E-state index >= 15 is 0 Å². The van der Waals surface area contributed by atoms with Crippen LogP contribution in [-0.2, 0) is 28.8 Å². The molecule has 0 spiro atoms. The quantitative estimate of drug-likeness (QED) is 0.116. The molecule has 0 radical (unpaired) electrons. The molecule has 0 saturated heterocycles. The molecule has 0 aromatic carbocycles. The highest BCUT2D eigenvalue weighted by molar-refractivity contribution is 5.96. The number of aliphatic hydroxyl groups is 1. The minimum Gasteiger partial charge on any atom is -0.480 e. The number of hydrogen-bond donors (Lipinski definition) is 8. The molecule has 0 heterocycles. The lowest BCUT2D eigenvalue weighted by Gasteiger charge is -2.25. The highest BCUT2D eigenvalue weighted by Crippen LogP contribution is 2.07. The number of carbonyl (C=O) groups is 6. The lowest BCUT2D eigenvalue weighted by atomic mass is 10.0. The largest absolute Gasteiger partial charge is 0.480 e. The van der Waals surface area contributed by atoms with Crippen molar-refractivity contribution in [2.75, 3.05) is 0 Å². The first-order valence-electron chi connectivity index (χ1n) is 10.3. The summed E-state index contributed by atoms with van der Waals surface area (Å²) in [6, 6.07) is -5.61. The van der Waals surface area contributed by atoms with Gasteiger partial charge in [0.25, 0.3) is 0 Å². The van der Waals surface area contributed by atoms with Gasteiger partial charge in [0.1, 0.15) is 24.2 Å². The van der Waals surface area contributed by atoms with Gasteiger partial charge in [0.05, 0.1) is 12.5 Å². The number of primary amides is 2. The van der Waals surface area contributed by atoms with Gasteiger partial charge in [-0.05, 0) is 25.7 Å². The first-order valence-corrected chi connectivity index (χ1v) is 10.3. The van der Waals surface area contributed by atoms with Gasteiger partial charge < -0.3 is 43.4 Å². The van der Waals surface area contributed by atoms with Crippen molar-refractivity contribution in [3.8, 4) is 0 Å². The van der Waals surface area contributed by atoms with E-state index in [1.165, 1.54) is 6.92 Å². The van der Waals surface area contributed by atoms with Gasteiger partial charge in [0.2, 0.25) is 29.5 Å². The Bertz CT molecular complexity index is 742. The molecule has 0 aromatic rings. The number of carboxylic acid groups (broad SMARTS) is 1. The van der Waals surface area contributed by atoms with E-state index in [0.29, 0.717) is 0 Å². The van der Waals surface area contributed by atoms with Gasteiger partial charge in [-0.15, -0.1) is 0 Å². The highest BCUT2D eigenvalue weighted by atomic mass is 16.4. The summed E-state index contributed by atoms with van der Waals surface area (Å²) in [6.45, 7) is 4.75. The Morgan fingerprint density at radius 2 is 1.27 bits per heavy atom. The molecular weight excluding hydrogens is 440 g/mol. The van der Waals surface area contributed by atoms with Crippen molar-refractivity contribution in [2.45, 2.75) is 76.7 Å². The molecule has 5 unspecified atom stereocenters. The zero-order valence-corrected chi connectivity index (χ0v) is 18.9. The van der Waals surface area contributed by atoms with Crippen LogP contribution in [0.2, 0.25) is 0 Å². The van der Waals surface area contributed by atoms with E-state index in [2.05, 4.69) is 16.0 Å². The maximum Gasteiger partial charge on any atom is 0.326 e. The average Bonchev–Trinajstić information content (AvgIpc) is 2.67. The van der Waals surface area contributed by atoms with Gasteiger partial charge >= 0.3 is 5.97 Å². The van der Waals surface area contributed by atoms with Crippen molar-refractivity contribution in [1.82, 2.24) is 16.0 Å². The van der Waals surface area contributed by atoms with Gasteiger partial charge in [-0.2, -0.15) is 0 Å². The molecule has 188 valence electrons. The number of aliphatic carboxylic acids is 1. The molecule has 5 atom stereocenters. The minimum atomic E-state index is -1.55. The third kappa shape index (κ3) is 11.8. The summed E-state index contributed by atoms with van der Waals surface area (Å²) in [5.41, 5.74) is 15.8. The second-order valence-corrected chi connectivity index (χ2v) is 8.09. The lowest BCUT2D eigenvalue weighted by molar-refractivity contribution is -0.143. The Kier molecular flexibility index (Phi) is 12.6. The maximum atomic E-state index is 12.7. The number of aliphatic hydroxyl groups excluding tert-OH is 1. The van der Waals surface area contributed by atoms with E-state index in [4.69, 9.17) is 17.2 Å². The van der Waals surface area contributed by atoms with Crippen molar-refractivity contribution in [3.63, 3.8) is 0 Å². The van der Waals surface area contributed by atoms with Crippen molar-refractivity contribution in [1.29, 1.82) is 0 Å². The van der Waals surface area contributed by atoms with Gasteiger partial charge in [-0.1, -0.05) is 13.8 Å². The molecule has 33 heavy (non-hydrogen) atoms. The van der Waals surface area contributed by atoms with Crippen LogP contribution < -0.4 is 33.2 Å². The van der Waals surface area contributed by atoms with Crippen LogP contribution in [0, 0.1) is 5.92 Å². The third-order valence-corrected chi connectivity index (χ3v) is 4.49. The molecule has 0 aliphatic heterocycles. The molecule has 0 aliphatic carbocycles. The topological polar surface area (TPSA) is 257 Å². The van der Waals surface area contributed by atoms with Crippen LogP contribution in [0.1, 0.15) is 46.5 Å². The van der Waals surface area contributed by atoms with Crippen molar-refractivity contribution < 1.29 is 39.0 Å². The minimum absolute atomic E-state index is 0.0814. The van der Waals surface area contributed by atoms with E-state index in [1.54, 1.807) is 13.8 Å². The zero-order chi connectivity index (χ0) is 25.9. The second kappa shape index (κ2) is 14.0. The number of nitrogens with two attached hydrogens (primary N) is 3. The van der Waals surface area contributed by atoms with E-state index in [-0.39, 0.29) is 25.2 Å². The number of amides is 5. The van der Waals surface area contributed by atoms with E-state index < -0.39 is 72.2 Å². The van der Waals surface area contributed by atoms with Crippen molar-refractivity contribution in [3.05, 3.63) is 0 Å². The predicted molar refractivity (Wildman–Crippen MR) is 115 cm³/mol. The highest BCUT2D eigenvalue weighted by Gasteiger charge is 2.32. The van der Waals surface area contributed by atoms with E-state index in [0.717, 1.165) is 0 Å². The summed E-state index contributed by atoms with van der Waals surface area (Å²) >= 11 is 0. The number of carboxylic acids is 1. The van der Waals surface area contributed by atoms with E-state index in [1.807, 2.05) is 0 Å². The Labute approximate surface area is 191 Å². The summed E-state index contributed by atoms with van der Waals surface area (Å²) in [6.07, 6.45) is -2.39. The van der Waals surface area contributed by atoms with Crippen LogP contribution in [0.15, 0.2) is 0 Å². The molecule has 0 rings (SSSR count). The van der Waals surface area contributed by atoms with E-state index in [9.17, 15) is 39.0 Å². The van der Waals surface area contributed by atoms with Gasteiger partial charge in [0.15, 0.2) is 0 Å². The Morgan fingerprint density at radius 3 is 1.70 bits per heavy atom. The molecule has 14 heteroatoms. The van der Waals surface area contributed by atoms with Crippen LogP contribution in [0.5, 0.6) is 0 Å². The Balaban J connectivity index is 5.59. The number of rotatable bonds is 15. The zero-order valence-electron chi connectivity index (χ0n) is 18.9. The summed E-state index contributed by atoms with van der Waals surface area (Å²) in [5, 5.41) is 25.5. The SMILES string of the molecule is CC(C)CC(NC(=O)C(CC(N)=O)NC(=O)C(CCC(N)=O)NC(=O)C(N)C(C)O)C(=O)O. The summed E-state index contributed by atoms with van der Waals surface area (Å²) in [5.74, 6) is -5.97. The molecule has 11 N–H and O–H groups in total. The summed E-state index contributed by atoms with van der Waals surface area (Å²) in [4.78, 5) is 71.5. The van der Waals surface area contributed by atoms with Gasteiger partial charge in [-0.3, -0.25) is 24.0 Å². The monoisotopic (exact) mass is 474 g/mol. The van der Waals surface area contributed by atoms with Crippen LogP contribution >= 0.6 is 0 Å². The fourth-order valence-corrected chi connectivity index (χ4v) is 2.69. The van der Waals surface area contributed by atoms with Crippen LogP contribution in [0.3, 0.4) is 0 Å². The molecule has 0 aliphatic rings. The van der Waals surface area contributed by atoms with Crippen molar-refractivity contribution in [2.24, 2.45) is 23.1 Å². The average molecular weight is 475 g/mol. The molecule has 14 nitrogen and oxygen atoms in total. The van der Waals surface area contributed by atoms with Crippen LogP contribution in [0.4, 0.5) is 0 Å². The molecule has 0 saturated carbocycles. The predicted octanol–water partition coefficient (Wildman–Crippen LogP) is -3.58. The maximum absolute atomic E-state index is 12.7. The Morgan fingerprint density at radius 1 is 0.788 bits per heavy atom. The summed E-state index contributed by atoms with van der Waals surface area (Å²) < 4.78 is 0. The molecule has 0 aromatic heterocycles. The van der Waals surface area contributed by atoms with Crippen LogP contribution in [0.25, 0.3) is 0 Å². The summed E-state index contributed by atoms with van der Waals surface area (Å²) in [7, 11) is 0. The standard InChI is InChI=1S/C19H34N6O8/c1-8(2)6-12(19(32)33)25-17(30)11(7-14(21)28)24-16(29)10(4-5-13(20)27)23-18(31)15(22)9(3)26/h8-12,15,26H,4-7,22H2,1-3H3,(H2,20,27)(H2,21,28)(H,23,31)(H,24,29)(H,25,30)(H,32,33). The number of carbonyl (C=O) groups excluding carboxylic acids is 5. The second-order valence-electron chi connectivity index (χ2n) is 8.09. The number of hydrogen-bond acceptors (Lipinski definition) is 8. The van der Waals surface area contributed by atoms with Gasteiger partial charge in [-0.25, -0.2) is 4.79 Å². The molecular formula is C19H34N6O8. The molecule has 0 fully saturated rings. The Hall–Kier alpha value is -3.26. The first kappa shape index (κ1) is 29.7. The first-order chi connectivity index (χ1) is 15.1. The molecule has 0 bridgehead atoms. The fraction of sp³-hybridized carbons (Fsp3) is 0.684. The van der Waals surface area contributed by atoms with Crippen molar-refractivity contribution >= 4 is 35.5 Å². The smallest absolute Gasteiger partial charge is 0.326 e. The lowest BCUT2D eigenvalue weighted by Crippen LogP contribution is -2.58. The fourth-order valence-electron chi connectivity index (χ4n) is 2.69. The normalized spacial score (nSPS) is 15.5. The number of nitrogens with one attached hydrogen (secondary N) is 3.